The average Bonchev–Trinajstić information content (AvgIpc) is 3.49. The molecule has 2 aliphatic heterocycles. The Labute approximate surface area is 205 Å². The summed E-state index contributed by atoms with van der Waals surface area (Å²) in [5.74, 6) is -4.06. The number of halogens is 3. The highest BCUT2D eigenvalue weighted by atomic mass is 19.2. The second-order valence-corrected chi connectivity index (χ2v) is 9.53. The summed E-state index contributed by atoms with van der Waals surface area (Å²) in [6, 6.07) is 7.33. The summed E-state index contributed by atoms with van der Waals surface area (Å²) in [6.45, 7) is 1.94. The van der Waals surface area contributed by atoms with Crippen molar-refractivity contribution in [3.05, 3.63) is 82.8 Å². The van der Waals surface area contributed by atoms with Crippen molar-refractivity contribution in [3.8, 4) is 16.9 Å². The van der Waals surface area contributed by atoms with Crippen molar-refractivity contribution in [1.82, 2.24) is 29.4 Å². The Morgan fingerprint density at radius 3 is 2.44 bits per heavy atom. The predicted molar refractivity (Wildman–Crippen MR) is 125 cm³/mol. The minimum atomic E-state index is -1.49. The molecule has 1 amide bonds. The van der Waals surface area contributed by atoms with Crippen LogP contribution in [-0.4, -0.2) is 41.4 Å². The molecule has 0 radical (unpaired) electrons. The highest BCUT2D eigenvalue weighted by Crippen LogP contribution is 2.45. The van der Waals surface area contributed by atoms with E-state index in [1.807, 2.05) is 30.0 Å². The number of amides is 1. The number of hydrogen-bond acceptors (Lipinski definition) is 4. The summed E-state index contributed by atoms with van der Waals surface area (Å²) in [5.41, 5.74) is 4.68. The summed E-state index contributed by atoms with van der Waals surface area (Å²) in [5, 5.41) is 12.4. The quantitative estimate of drug-likeness (QED) is 0.390. The molecule has 0 saturated carbocycles. The highest BCUT2D eigenvalue weighted by molar-refractivity contribution is 5.96. The Bertz CT molecular complexity index is 1470. The van der Waals surface area contributed by atoms with Crippen molar-refractivity contribution in [3.63, 3.8) is 0 Å². The number of rotatable bonds is 3. The van der Waals surface area contributed by atoms with E-state index in [0.29, 0.717) is 17.7 Å². The monoisotopic (exact) mass is 492 g/mol. The first-order valence-electron chi connectivity index (χ1n) is 11.8. The minimum Gasteiger partial charge on any atom is -0.327 e. The van der Waals surface area contributed by atoms with Crippen LogP contribution >= 0.6 is 0 Å². The fourth-order valence-electron chi connectivity index (χ4n) is 5.72. The normalized spacial score (nSPS) is 18.9. The molecule has 2 atom stereocenters. The Morgan fingerprint density at radius 1 is 1.00 bits per heavy atom. The van der Waals surface area contributed by atoms with Crippen LogP contribution in [-0.2, 0) is 13.5 Å². The molecule has 2 aromatic heterocycles. The lowest BCUT2D eigenvalue weighted by molar-refractivity contribution is 0.0391. The lowest BCUT2D eigenvalue weighted by Gasteiger charge is -2.45. The molecule has 2 bridgehead atoms. The van der Waals surface area contributed by atoms with Crippen LogP contribution < -0.4 is 0 Å². The van der Waals surface area contributed by atoms with Gasteiger partial charge in [-0.3, -0.25) is 14.0 Å². The van der Waals surface area contributed by atoms with Crippen molar-refractivity contribution in [2.75, 3.05) is 0 Å². The van der Waals surface area contributed by atoms with Gasteiger partial charge in [0.15, 0.2) is 17.5 Å². The molecule has 0 aliphatic carbocycles. The van der Waals surface area contributed by atoms with Gasteiger partial charge in [0.05, 0.1) is 17.4 Å². The maximum atomic E-state index is 14.0. The molecule has 0 N–H and O–H groups in total. The van der Waals surface area contributed by atoms with Gasteiger partial charge in [0, 0.05) is 35.5 Å². The number of hydrogen-bond donors (Lipinski definition) is 0. The average molecular weight is 493 g/mol. The van der Waals surface area contributed by atoms with Crippen LogP contribution in [0.25, 0.3) is 16.9 Å². The zero-order valence-electron chi connectivity index (χ0n) is 19.8. The van der Waals surface area contributed by atoms with Gasteiger partial charge in [0.2, 0.25) is 0 Å². The van der Waals surface area contributed by atoms with Gasteiger partial charge in [-0.25, -0.2) is 13.2 Å². The molecule has 2 aromatic carbocycles. The van der Waals surface area contributed by atoms with E-state index in [1.54, 1.807) is 29.0 Å². The van der Waals surface area contributed by atoms with Gasteiger partial charge in [-0.1, -0.05) is 0 Å². The third-order valence-electron chi connectivity index (χ3n) is 7.19. The number of aryl methyl sites for hydroxylation is 2. The largest absolute Gasteiger partial charge is 0.327 e. The molecule has 2 aliphatic rings. The van der Waals surface area contributed by atoms with Crippen molar-refractivity contribution in [2.45, 2.75) is 44.7 Å². The van der Waals surface area contributed by atoms with Crippen LogP contribution in [0, 0.1) is 24.4 Å². The fraction of sp³-hybridized carbons (Fsp3) is 0.308. The van der Waals surface area contributed by atoms with E-state index in [2.05, 4.69) is 10.2 Å². The summed E-state index contributed by atoms with van der Waals surface area (Å²) >= 11 is 0. The first-order chi connectivity index (χ1) is 17.3. The number of aromatic nitrogens is 5. The molecule has 36 heavy (non-hydrogen) atoms. The van der Waals surface area contributed by atoms with Gasteiger partial charge >= 0.3 is 0 Å². The van der Waals surface area contributed by atoms with Crippen LogP contribution in [0.4, 0.5) is 13.2 Å². The molecule has 6 rings (SSSR count). The van der Waals surface area contributed by atoms with E-state index in [1.165, 1.54) is 0 Å². The number of nitrogens with zero attached hydrogens (tertiary/aromatic N) is 6. The van der Waals surface area contributed by atoms with Crippen molar-refractivity contribution < 1.29 is 18.0 Å². The van der Waals surface area contributed by atoms with Gasteiger partial charge in [0.1, 0.15) is 12.7 Å². The molecular formula is C26H23F3N6O. The number of fused-ring (bicyclic) bond motifs is 4. The number of carbonyl (C=O) groups excluding carboxylic acids is 1. The summed E-state index contributed by atoms with van der Waals surface area (Å²) in [4.78, 5) is 15.8. The van der Waals surface area contributed by atoms with Crippen LogP contribution in [0.3, 0.4) is 0 Å². The summed E-state index contributed by atoms with van der Waals surface area (Å²) in [7, 11) is 1.70. The molecule has 10 heteroatoms. The van der Waals surface area contributed by atoms with E-state index in [4.69, 9.17) is 5.10 Å². The zero-order chi connectivity index (χ0) is 25.1. The zero-order valence-corrected chi connectivity index (χ0v) is 19.8. The third-order valence-corrected chi connectivity index (χ3v) is 7.19. The van der Waals surface area contributed by atoms with Crippen molar-refractivity contribution >= 4 is 5.91 Å². The molecule has 184 valence electrons. The SMILES string of the molecule is Cc1cc(C(=O)N2[C@@H]3CCC[C@H]2c2nn(C)c(-c4cc(F)c(F)c(F)c4)c2C3)cc(-n2cnnc2)c1. The van der Waals surface area contributed by atoms with Gasteiger partial charge in [-0.05, 0) is 68.5 Å². The van der Waals surface area contributed by atoms with Crippen LogP contribution in [0.5, 0.6) is 0 Å². The van der Waals surface area contributed by atoms with Gasteiger partial charge < -0.3 is 4.90 Å². The molecule has 4 heterocycles. The molecule has 1 fully saturated rings. The second kappa shape index (κ2) is 8.32. The maximum Gasteiger partial charge on any atom is 0.254 e. The van der Waals surface area contributed by atoms with Crippen molar-refractivity contribution in [2.24, 2.45) is 7.05 Å². The molecule has 7 nitrogen and oxygen atoms in total. The Hall–Kier alpha value is -3.95. The maximum absolute atomic E-state index is 14.0. The van der Waals surface area contributed by atoms with Crippen molar-refractivity contribution in [1.29, 1.82) is 0 Å². The van der Waals surface area contributed by atoms with Crippen LogP contribution in [0.15, 0.2) is 43.0 Å². The lowest BCUT2D eigenvalue weighted by atomic mass is 9.81. The Balaban J connectivity index is 1.41. The van der Waals surface area contributed by atoms with Gasteiger partial charge in [-0.2, -0.15) is 5.10 Å². The first kappa shape index (κ1) is 22.5. The Kier molecular flexibility index (Phi) is 5.20. The standard InChI is InChI=1S/C26H23F3N6O/c1-14-6-16(8-18(7-14)34-12-30-31-13-34)26(36)35-17-4-3-5-22(35)24-19(11-17)25(33(2)32-24)15-9-20(27)23(29)21(28)10-15/h6-10,12-13,17,22H,3-5,11H2,1-2H3/t17-,22+/m1/s1. The number of piperidine rings is 1. The molecule has 4 aromatic rings. The van der Waals surface area contributed by atoms with E-state index in [-0.39, 0.29) is 23.6 Å². The van der Waals surface area contributed by atoms with Gasteiger partial charge in [0.25, 0.3) is 5.91 Å². The van der Waals surface area contributed by atoms with E-state index in [9.17, 15) is 18.0 Å². The smallest absolute Gasteiger partial charge is 0.254 e. The molecule has 0 unspecified atom stereocenters. The summed E-state index contributed by atoms with van der Waals surface area (Å²) < 4.78 is 45.0. The molecule has 1 saturated heterocycles. The van der Waals surface area contributed by atoms with Crippen LogP contribution in [0.2, 0.25) is 0 Å². The number of carbonyl (C=O) groups is 1. The van der Waals surface area contributed by atoms with Crippen LogP contribution in [0.1, 0.15) is 52.5 Å². The Morgan fingerprint density at radius 2 is 1.72 bits per heavy atom. The lowest BCUT2D eigenvalue weighted by Crippen LogP contribution is -2.49. The third kappa shape index (κ3) is 3.51. The summed E-state index contributed by atoms with van der Waals surface area (Å²) in [6.07, 6.45) is 6.17. The van der Waals surface area contributed by atoms with E-state index >= 15 is 0 Å². The predicted octanol–water partition coefficient (Wildman–Crippen LogP) is 4.69. The molecular weight excluding hydrogens is 469 g/mol. The van der Waals surface area contributed by atoms with E-state index in [0.717, 1.165) is 53.9 Å². The van der Waals surface area contributed by atoms with E-state index < -0.39 is 17.5 Å². The van der Waals surface area contributed by atoms with Gasteiger partial charge in [-0.15, -0.1) is 10.2 Å². The number of benzene rings is 2. The fourth-order valence-corrected chi connectivity index (χ4v) is 5.72. The first-order valence-corrected chi connectivity index (χ1v) is 11.8. The highest BCUT2D eigenvalue weighted by Gasteiger charge is 2.43. The topological polar surface area (TPSA) is 68.8 Å². The minimum absolute atomic E-state index is 0.0827. The second-order valence-electron chi connectivity index (χ2n) is 9.53. The molecule has 0 spiro atoms.